The minimum Gasteiger partial charge on any atom is -0.457 e. The Morgan fingerprint density at radius 3 is 2.21 bits per heavy atom. The highest BCUT2D eigenvalue weighted by Gasteiger charge is 2.19. The zero-order valence-electron chi connectivity index (χ0n) is 15.7. The van der Waals surface area contributed by atoms with E-state index < -0.39 is 12.1 Å². The summed E-state index contributed by atoms with van der Waals surface area (Å²) in [6, 6.07) is 23.3. The Balaban J connectivity index is 1.56. The van der Waals surface area contributed by atoms with Crippen LogP contribution in [0.15, 0.2) is 78.9 Å². The Hall–Kier alpha value is -3.60. The van der Waals surface area contributed by atoms with Gasteiger partial charge in [0.15, 0.2) is 6.10 Å². The highest BCUT2D eigenvalue weighted by Crippen LogP contribution is 2.21. The number of ether oxygens (including phenoxy) is 2. The fourth-order valence-corrected chi connectivity index (χ4v) is 2.53. The predicted molar refractivity (Wildman–Crippen MR) is 108 cm³/mol. The summed E-state index contributed by atoms with van der Waals surface area (Å²) < 4.78 is 11.0. The first-order valence-electron chi connectivity index (χ1n) is 8.93. The highest BCUT2D eigenvalue weighted by atomic mass is 16.5. The van der Waals surface area contributed by atoms with Crippen LogP contribution in [0.25, 0.3) is 0 Å². The quantitative estimate of drug-likeness (QED) is 0.618. The molecule has 28 heavy (non-hydrogen) atoms. The van der Waals surface area contributed by atoms with Gasteiger partial charge in [0.25, 0.3) is 5.91 Å². The molecule has 0 aromatic heterocycles. The monoisotopic (exact) mass is 375 g/mol. The van der Waals surface area contributed by atoms with E-state index >= 15 is 0 Å². The van der Waals surface area contributed by atoms with Gasteiger partial charge in [-0.2, -0.15) is 0 Å². The van der Waals surface area contributed by atoms with Gasteiger partial charge in [0.05, 0.1) is 5.56 Å². The first kappa shape index (κ1) is 19.2. The lowest BCUT2D eigenvalue weighted by molar-refractivity contribution is -0.123. The number of hydrogen-bond acceptors (Lipinski definition) is 4. The van der Waals surface area contributed by atoms with Crippen LogP contribution in [0.4, 0.5) is 5.69 Å². The van der Waals surface area contributed by atoms with E-state index in [4.69, 9.17) is 9.47 Å². The Labute approximate surface area is 163 Å². The molecule has 1 atom stereocenters. The Bertz CT molecular complexity index is 952. The molecule has 0 bridgehead atoms. The first-order valence-corrected chi connectivity index (χ1v) is 8.93. The van der Waals surface area contributed by atoms with E-state index in [1.54, 1.807) is 30.3 Å². The molecule has 0 radical (unpaired) electrons. The van der Waals surface area contributed by atoms with Crippen LogP contribution in [0.1, 0.15) is 22.8 Å². The molecule has 0 spiro atoms. The van der Waals surface area contributed by atoms with Crippen LogP contribution in [0.5, 0.6) is 11.5 Å². The average molecular weight is 375 g/mol. The fraction of sp³-hybridized carbons (Fsp3) is 0.130. The second-order valence-corrected chi connectivity index (χ2v) is 6.35. The molecular formula is C23H21NO4. The number of anilines is 1. The van der Waals surface area contributed by atoms with Gasteiger partial charge in [0, 0.05) is 5.69 Å². The van der Waals surface area contributed by atoms with Crippen molar-refractivity contribution in [1.29, 1.82) is 0 Å². The molecule has 0 fully saturated rings. The van der Waals surface area contributed by atoms with Gasteiger partial charge in [-0.05, 0) is 67.9 Å². The molecule has 1 N–H and O–H groups in total. The number of carbonyl (C=O) groups is 2. The largest absolute Gasteiger partial charge is 0.457 e. The molecule has 3 aromatic rings. The van der Waals surface area contributed by atoms with Gasteiger partial charge in [-0.15, -0.1) is 0 Å². The number of nitrogens with one attached hydrogen (secondary N) is 1. The van der Waals surface area contributed by atoms with Crippen LogP contribution in [0, 0.1) is 6.92 Å². The van der Waals surface area contributed by atoms with Crippen molar-refractivity contribution in [3.05, 3.63) is 90.0 Å². The van der Waals surface area contributed by atoms with Crippen LogP contribution in [0.3, 0.4) is 0 Å². The van der Waals surface area contributed by atoms with Crippen molar-refractivity contribution in [1.82, 2.24) is 0 Å². The van der Waals surface area contributed by atoms with E-state index in [9.17, 15) is 9.59 Å². The van der Waals surface area contributed by atoms with Gasteiger partial charge in [-0.25, -0.2) is 4.79 Å². The van der Waals surface area contributed by atoms with Gasteiger partial charge in [0.1, 0.15) is 11.5 Å². The smallest absolute Gasteiger partial charge is 0.338 e. The molecule has 1 amide bonds. The van der Waals surface area contributed by atoms with Crippen molar-refractivity contribution in [3.63, 3.8) is 0 Å². The van der Waals surface area contributed by atoms with E-state index in [0.717, 1.165) is 5.56 Å². The van der Waals surface area contributed by atoms with Crippen LogP contribution in [-0.2, 0) is 9.53 Å². The van der Waals surface area contributed by atoms with E-state index in [-0.39, 0.29) is 5.91 Å². The van der Waals surface area contributed by atoms with Crippen molar-refractivity contribution >= 4 is 17.6 Å². The Morgan fingerprint density at radius 1 is 0.857 bits per heavy atom. The summed E-state index contributed by atoms with van der Waals surface area (Å²) >= 11 is 0. The molecule has 5 heteroatoms. The topological polar surface area (TPSA) is 64.6 Å². The van der Waals surface area contributed by atoms with Gasteiger partial charge in [0.2, 0.25) is 0 Å². The van der Waals surface area contributed by atoms with Crippen LogP contribution >= 0.6 is 0 Å². The van der Waals surface area contributed by atoms with E-state index in [0.29, 0.717) is 22.7 Å². The second-order valence-electron chi connectivity index (χ2n) is 6.35. The number of amides is 1. The third-order valence-corrected chi connectivity index (χ3v) is 4.01. The molecular weight excluding hydrogens is 354 g/mol. The maximum absolute atomic E-state index is 12.3. The van der Waals surface area contributed by atoms with Gasteiger partial charge < -0.3 is 14.8 Å². The molecule has 0 unspecified atom stereocenters. The zero-order chi connectivity index (χ0) is 19.9. The predicted octanol–water partition coefficient (Wildman–Crippen LogP) is 4.97. The summed E-state index contributed by atoms with van der Waals surface area (Å²) in [7, 11) is 0. The summed E-state index contributed by atoms with van der Waals surface area (Å²) in [5.41, 5.74) is 2.03. The van der Waals surface area contributed by atoms with Gasteiger partial charge >= 0.3 is 5.97 Å². The number of esters is 1. The molecule has 3 aromatic carbocycles. The Morgan fingerprint density at radius 2 is 1.54 bits per heavy atom. The number of hydrogen-bond donors (Lipinski definition) is 1. The fourth-order valence-electron chi connectivity index (χ4n) is 2.53. The first-order chi connectivity index (χ1) is 13.5. The van der Waals surface area contributed by atoms with Crippen molar-refractivity contribution in [2.24, 2.45) is 0 Å². The van der Waals surface area contributed by atoms with Crippen molar-refractivity contribution < 1.29 is 19.1 Å². The van der Waals surface area contributed by atoms with Crippen molar-refractivity contribution in [2.75, 3.05) is 5.32 Å². The molecule has 0 heterocycles. The number of benzene rings is 3. The summed E-state index contributed by atoms with van der Waals surface area (Å²) in [4.78, 5) is 24.5. The average Bonchev–Trinajstić information content (AvgIpc) is 2.69. The molecule has 0 aliphatic carbocycles. The minimum absolute atomic E-state index is 0.343. The maximum atomic E-state index is 12.3. The van der Waals surface area contributed by atoms with Crippen molar-refractivity contribution in [2.45, 2.75) is 20.0 Å². The second kappa shape index (κ2) is 8.86. The summed E-state index contributed by atoms with van der Waals surface area (Å²) in [5, 5.41) is 2.74. The molecule has 142 valence electrons. The van der Waals surface area contributed by atoms with E-state index in [1.165, 1.54) is 6.92 Å². The molecule has 0 saturated carbocycles. The lowest BCUT2D eigenvalue weighted by Crippen LogP contribution is -2.30. The molecule has 0 saturated heterocycles. The Kier molecular flexibility index (Phi) is 6.07. The molecule has 5 nitrogen and oxygen atoms in total. The van der Waals surface area contributed by atoms with Crippen LogP contribution < -0.4 is 10.1 Å². The summed E-state index contributed by atoms with van der Waals surface area (Å²) in [5.74, 6) is 0.355. The van der Waals surface area contributed by atoms with Crippen molar-refractivity contribution in [3.8, 4) is 11.5 Å². The van der Waals surface area contributed by atoms with E-state index in [2.05, 4.69) is 5.32 Å². The normalized spacial score (nSPS) is 11.4. The summed E-state index contributed by atoms with van der Waals surface area (Å²) in [6.07, 6.45) is -0.923. The third kappa shape index (κ3) is 5.20. The maximum Gasteiger partial charge on any atom is 0.338 e. The van der Waals surface area contributed by atoms with E-state index in [1.807, 2.05) is 55.5 Å². The van der Waals surface area contributed by atoms with Crippen LogP contribution in [0.2, 0.25) is 0 Å². The standard InChI is InChI=1S/C23H21NO4/c1-16-7-6-8-19(15-16)24-22(25)17(2)27-23(26)18-11-13-21(14-12-18)28-20-9-4-3-5-10-20/h3-15,17H,1-2H3,(H,24,25)/t17-/m1/s1. The van der Waals surface area contributed by atoms with Gasteiger partial charge in [-0.1, -0.05) is 30.3 Å². The minimum atomic E-state index is -0.923. The number of rotatable bonds is 6. The van der Waals surface area contributed by atoms with Gasteiger partial charge in [-0.3, -0.25) is 4.79 Å². The summed E-state index contributed by atoms with van der Waals surface area (Å²) in [6.45, 7) is 3.47. The molecule has 0 aliphatic heterocycles. The molecule has 3 rings (SSSR count). The lowest BCUT2D eigenvalue weighted by atomic mass is 10.2. The number of carbonyl (C=O) groups excluding carboxylic acids is 2. The third-order valence-electron chi connectivity index (χ3n) is 4.01. The SMILES string of the molecule is Cc1cccc(NC(=O)[C@@H](C)OC(=O)c2ccc(Oc3ccccc3)cc2)c1. The number of aryl methyl sites for hydroxylation is 1. The molecule has 0 aliphatic rings. The zero-order valence-corrected chi connectivity index (χ0v) is 15.7. The lowest BCUT2D eigenvalue weighted by Gasteiger charge is -2.14. The van der Waals surface area contributed by atoms with Crippen LogP contribution in [-0.4, -0.2) is 18.0 Å². The highest BCUT2D eigenvalue weighted by molar-refractivity contribution is 5.97. The number of para-hydroxylation sites is 1.